The van der Waals surface area contributed by atoms with E-state index in [4.69, 9.17) is 20.7 Å². The van der Waals surface area contributed by atoms with Crippen molar-refractivity contribution in [2.24, 2.45) is 5.73 Å². The predicted molar refractivity (Wildman–Crippen MR) is 96.3 cm³/mol. The number of nitrogens with zero attached hydrogens (tertiary/aromatic N) is 1. The fraction of sp³-hybridized carbons (Fsp3) is 0.444. The van der Waals surface area contributed by atoms with Gasteiger partial charge in [0.2, 0.25) is 0 Å². The molecular weight excluding hydrogens is 372 g/mol. The molecule has 0 aliphatic carbocycles. The molecule has 0 aromatic heterocycles. The second-order valence-corrected chi connectivity index (χ2v) is 5.94. The van der Waals surface area contributed by atoms with Gasteiger partial charge in [0.05, 0.1) is 13.1 Å². The molecule has 0 bridgehead atoms. The van der Waals surface area contributed by atoms with Crippen molar-refractivity contribution in [2.45, 2.75) is 31.9 Å². The molecule has 1 atom stereocenters. The third-order valence-electron chi connectivity index (χ3n) is 3.70. The molecule has 0 spiro atoms. The number of carboxylic acids is 2. The maximum atomic E-state index is 12.4. The lowest BCUT2D eigenvalue weighted by Crippen LogP contribution is -2.47. The summed E-state index contributed by atoms with van der Waals surface area (Å²) in [4.78, 5) is 47.2. The van der Waals surface area contributed by atoms with Gasteiger partial charge in [-0.1, -0.05) is 36.8 Å². The predicted octanol–water partition coefficient (Wildman–Crippen LogP) is 0.835. The first kappa shape index (κ1) is 23.1. The number of unbranched alkanes of at least 4 members (excludes halogenated alkanes) is 1. The molecule has 4 N–H and O–H groups in total. The van der Waals surface area contributed by atoms with E-state index in [9.17, 15) is 19.2 Å². The molecular formula is C18H24N2O8. The lowest BCUT2D eigenvalue weighted by atomic mass is 10.1. The van der Waals surface area contributed by atoms with Gasteiger partial charge in [-0.2, -0.15) is 0 Å². The number of esters is 1. The first-order chi connectivity index (χ1) is 13.3. The van der Waals surface area contributed by atoms with Crippen LogP contribution in [0.25, 0.3) is 0 Å². The molecule has 1 aromatic rings. The van der Waals surface area contributed by atoms with Crippen LogP contribution in [-0.2, 0) is 30.5 Å². The zero-order valence-corrected chi connectivity index (χ0v) is 15.3. The Balaban J connectivity index is 2.76. The molecule has 0 aliphatic rings. The van der Waals surface area contributed by atoms with Crippen LogP contribution in [0.2, 0.25) is 0 Å². The third kappa shape index (κ3) is 9.10. The number of carbonyl (C=O) groups is 4. The number of aliphatic carboxylic acids is 2. The van der Waals surface area contributed by atoms with Gasteiger partial charge in [-0.25, -0.2) is 9.59 Å². The number of ether oxygens (including phenoxy) is 2. The molecule has 154 valence electrons. The molecule has 10 heteroatoms. The number of carbonyl (C=O) groups excluding carboxylic acids is 2. The summed E-state index contributed by atoms with van der Waals surface area (Å²) in [5.41, 5.74) is 6.10. The molecule has 0 fully saturated rings. The topological polar surface area (TPSA) is 156 Å². The van der Waals surface area contributed by atoms with Gasteiger partial charge in [-0.05, 0) is 24.9 Å². The fourth-order valence-electron chi connectivity index (χ4n) is 2.45. The van der Waals surface area contributed by atoms with Crippen LogP contribution in [0.1, 0.15) is 24.8 Å². The maximum Gasteiger partial charge on any atom is 0.516 e. The van der Waals surface area contributed by atoms with Crippen LogP contribution in [0.3, 0.4) is 0 Å². The summed E-state index contributed by atoms with van der Waals surface area (Å²) < 4.78 is 9.51. The monoisotopic (exact) mass is 396 g/mol. The second-order valence-electron chi connectivity index (χ2n) is 5.94. The standard InChI is InChI=1S/C18H24N2O8/c19-9-5-4-8-14(20(10-15(21)22)11-16(23)24)17(25)28-18(26)27-12-13-6-2-1-3-7-13/h1-3,6-7,14H,4-5,8-12,19H2,(H,21,22)(H,23,24)/t14-/m0/s1. The van der Waals surface area contributed by atoms with Crippen LogP contribution in [0.4, 0.5) is 4.79 Å². The number of nitrogens with two attached hydrogens (primary N) is 1. The molecule has 0 unspecified atom stereocenters. The van der Waals surface area contributed by atoms with Gasteiger partial charge in [0.15, 0.2) is 0 Å². The molecule has 0 saturated carbocycles. The van der Waals surface area contributed by atoms with Crippen molar-refractivity contribution in [2.75, 3.05) is 19.6 Å². The second kappa shape index (κ2) is 12.4. The summed E-state index contributed by atoms with van der Waals surface area (Å²) in [6, 6.07) is 7.48. The van der Waals surface area contributed by atoms with E-state index in [1.807, 2.05) is 0 Å². The highest BCUT2D eigenvalue weighted by Crippen LogP contribution is 2.12. The largest absolute Gasteiger partial charge is 0.516 e. The van der Waals surface area contributed by atoms with E-state index in [-0.39, 0.29) is 13.0 Å². The van der Waals surface area contributed by atoms with Crippen molar-refractivity contribution in [1.29, 1.82) is 0 Å². The maximum absolute atomic E-state index is 12.4. The molecule has 10 nitrogen and oxygen atoms in total. The lowest BCUT2D eigenvalue weighted by Gasteiger charge is -2.26. The molecule has 0 saturated heterocycles. The Morgan fingerprint density at radius 2 is 1.61 bits per heavy atom. The molecule has 1 rings (SSSR count). The Kier molecular flexibility index (Phi) is 10.2. The van der Waals surface area contributed by atoms with E-state index in [2.05, 4.69) is 4.74 Å². The van der Waals surface area contributed by atoms with Gasteiger partial charge >= 0.3 is 24.1 Å². The molecule has 0 aliphatic heterocycles. The van der Waals surface area contributed by atoms with Gasteiger partial charge < -0.3 is 25.4 Å². The van der Waals surface area contributed by atoms with Crippen LogP contribution >= 0.6 is 0 Å². The van der Waals surface area contributed by atoms with Crippen LogP contribution in [-0.4, -0.2) is 64.9 Å². The first-order valence-electron chi connectivity index (χ1n) is 8.63. The van der Waals surface area contributed by atoms with Crippen molar-refractivity contribution in [1.82, 2.24) is 4.90 Å². The molecule has 0 amide bonds. The Bertz CT molecular complexity index is 649. The summed E-state index contributed by atoms with van der Waals surface area (Å²) in [5, 5.41) is 18.0. The van der Waals surface area contributed by atoms with Crippen molar-refractivity contribution < 1.29 is 38.9 Å². The van der Waals surface area contributed by atoms with Gasteiger partial charge in [0, 0.05) is 0 Å². The van der Waals surface area contributed by atoms with Gasteiger partial charge in [0.25, 0.3) is 0 Å². The van der Waals surface area contributed by atoms with Crippen molar-refractivity contribution >= 4 is 24.1 Å². The van der Waals surface area contributed by atoms with Crippen LogP contribution in [0, 0.1) is 0 Å². The number of hydrogen-bond acceptors (Lipinski definition) is 8. The zero-order valence-electron chi connectivity index (χ0n) is 15.3. The Hall–Kier alpha value is -2.98. The number of hydrogen-bond donors (Lipinski definition) is 3. The summed E-state index contributed by atoms with van der Waals surface area (Å²) in [7, 11) is 0. The summed E-state index contributed by atoms with van der Waals surface area (Å²) in [5.74, 6) is -3.70. The van der Waals surface area contributed by atoms with E-state index in [1.54, 1.807) is 30.3 Å². The average molecular weight is 396 g/mol. The molecule has 1 aromatic carbocycles. The Labute approximate surface area is 161 Å². The van der Waals surface area contributed by atoms with Crippen LogP contribution < -0.4 is 5.73 Å². The van der Waals surface area contributed by atoms with Crippen LogP contribution in [0.15, 0.2) is 30.3 Å². The number of rotatable bonds is 12. The van der Waals surface area contributed by atoms with Crippen molar-refractivity contribution in [3.05, 3.63) is 35.9 Å². The van der Waals surface area contributed by atoms with E-state index in [1.165, 1.54) is 0 Å². The zero-order chi connectivity index (χ0) is 20.9. The highest BCUT2D eigenvalue weighted by Gasteiger charge is 2.32. The van der Waals surface area contributed by atoms with Gasteiger partial charge in [-0.15, -0.1) is 0 Å². The minimum absolute atomic E-state index is 0.0859. The van der Waals surface area contributed by atoms with Gasteiger partial charge in [-0.3, -0.25) is 14.5 Å². The highest BCUT2D eigenvalue weighted by molar-refractivity contribution is 5.86. The smallest absolute Gasteiger partial charge is 0.480 e. The quantitative estimate of drug-likeness (QED) is 0.263. The molecule has 28 heavy (non-hydrogen) atoms. The van der Waals surface area contributed by atoms with Crippen LogP contribution in [0.5, 0.6) is 0 Å². The Morgan fingerprint density at radius 3 is 2.14 bits per heavy atom. The molecule has 0 radical (unpaired) electrons. The average Bonchev–Trinajstić information content (AvgIpc) is 2.63. The summed E-state index contributed by atoms with van der Waals surface area (Å²) in [6.45, 7) is -1.17. The minimum atomic E-state index is -1.32. The summed E-state index contributed by atoms with van der Waals surface area (Å²) in [6.07, 6.45) is -0.201. The SMILES string of the molecule is NCCCC[C@@H](C(=O)OC(=O)OCc1ccccc1)N(CC(=O)O)CC(=O)O. The first-order valence-corrected chi connectivity index (χ1v) is 8.63. The van der Waals surface area contributed by atoms with E-state index >= 15 is 0 Å². The molecule has 0 heterocycles. The van der Waals surface area contributed by atoms with Crippen molar-refractivity contribution in [3.63, 3.8) is 0 Å². The normalized spacial score (nSPS) is 11.6. The number of carboxylic acid groups (broad SMARTS) is 2. The lowest BCUT2D eigenvalue weighted by molar-refractivity contribution is -0.151. The summed E-state index contributed by atoms with van der Waals surface area (Å²) >= 11 is 0. The van der Waals surface area contributed by atoms with E-state index in [0.29, 0.717) is 24.9 Å². The van der Waals surface area contributed by atoms with Crippen molar-refractivity contribution in [3.8, 4) is 0 Å². The highest BCUT2D eigenvalue weighted by atomic mass is 16.7. The van der Waals surface area contributed by atoms with Gasteiger partial charge in [0.1, 0.15) is 12.6 Å². The number of benzene rings is 1. The van der Waals surface area contributed by atoms with E-state index in [0.717, 1.165) is 4.90 Å². The minimum Gasteiger partial charge on any atom is -0.480 e. The third-order valence-corrected chi connectivity index (χ3v) is 3.70. The Morgan fingerprint density at radius 1 is 1.00 bits per heavy atom. The fourth-order valence-corrected chi connectivity index (χ4v) is 2.45. The van der Waals surface area contributed by atoms with E-state index < -0.39 is 43.2 Å².